The van der Waals surface area contributed by atoms with Crippen LogP contribution in [0.2, 0.25) is 10.0 Å². The first kappa shape index (κ1) is 21.0. The first-order chi connectivity index (χ1) is 16.7. The van der Waals surface area contributed by atoms with Crippen molar-refractivity contribution in [2.75, 3.05) is 5.01 Å². The molecule has 0 amide bonds. The van der Waals surface area contributed by atoms with E-state index in [1.54, 1.807) is 0 Å². The second-order valence-corrected chi connectivity index (χ2v) is 9.30. The van der Waals surface area contributed by atoms with Crippen molar-refractivity contribution in [1.29, 1.82) is 0 Å². The van der Waals surface area contributed by atoms with Gasteiger partial charge in [-0.05, 0) is 53.6 Å². The summed E-state index contributed by atoms with van der Waals surface area (Å²) in [5.74, 6) is 0. The smallest absolute Gasteiger partial charge is 0.0831 e. The van der Waals surface area contributed by atoms with Crippen molar-refractivity contribution < 1.29 is 0 Å². The summed E-state index contributed by atoms with van der Waals surface area (Å²) < 4.78 is 0. The van der Waals surface area contributed by atoms with Gasteiger partial charge < -0.3 is 4.98 Å². The van der Waals surface area contributed by atoms with Gasteiger partial charge in [-0.2, -0.15) is 5.10 Å². The van der Waals surface area contributed by atoms with Gasteiger partial charge in [0.15, 0.2) is 0 Å². The lowest BCUT2D eigenvalue weighted by Gasteiger charge is -2.24. The number of aromatic nitrogens is 1. The van der Waals surface area contributed by atoms with Crippen molar-refractivity contribution in [3.8, 4) is 11.3 Å². The molecule has 1 aromatic heterocycles. The van der Waals surface area contributed by atoms with Gasteiger partial charge in [0.05, 0.1) is 23.1 Å². The monoisotopic (exact) mass is 481 g/mol. The first-order valence-electron chi connectivity index (χ1n) is 11.2. The van der Waals surface area contributed by atoms with Crippen LogP contribution >= 0.6 is 23.2 Å². The summed E-state index contributed by atoms with van der Waals surface area (Å²) in [6, 6.07) is 34.8. The fourth-order valence-electron chi connectivity index (χ4n) is 4.70. The van der Waals surface area contributed by atoms with Crippen LogP contribution in [0.1, 0.15) is 23.6 Å². The number of nitrogens with zero attached hydrogens (tertiary/aromatic N) is 2. The van der Waals surface area contributed by atoms with Crippen LogP contribution in [0.25, 0.3) is 22.2 Å². The van der Waals surface area contributed by atoms with Crippen molar-refractivity contribution in [3.05, 3.63) is 124 Å². The Morgan fingerprint density at radius 1 is 0.735 bits per heavy atom. The highest BCUT2D eigenvalue weighted by Gasteiger charge is 2.32. The van der Waals surface area contributed by atoms with E-state index in [0.29, 0.717) is 0 Å². The molecule has 2 heterocycles. The van der Waals surface area contributed by atoms with Crippen molar-refractivity contribution >= 4 is 45.5 Å². The molecule has 4 aromatic carbocycles. The molecule has 0 saturated heterocycles. The van der Waals surface area contributed by atoms with Gasteiger partial charge >= 0.3 is 0 Å². The molecule has 1 unspecified atom stereocenters. The Labute approximate surface area is 208 Å². The second-order valence-electron chi connectivity index (χ2n) is 8.43. The van der Waals surface area contributed by atoms with E-state index in [2.05, 4.69) is 70.7 Å². The normalized spacial score (nSPS) is 15.6. The Balaban J connectivity index is 1.52. The standard InChI is InChI=1S/C29H21Cl2N3/c30-21-14-10-19(11-15-21)27-18-26(33-34(27)23-6-2-1-3-7-23)28-24-8-4-5-9-25(24)32-29(28)20-12-16-22(31)17-13-20/h1-17,27,32H,18H2. The van der Waals surface area contributed by atoms with Crippen LogP contribution in [0.4, 0.5) is 5.69 Å². The molecule has 0 radical (unpaired) electrons. The van der Waals surface area contributed by atoms with Crippen molar-refractivity contribution in [2.45, 2.75) is 12.5 Å². The predicted molar refractivity (Wildman–Crippen MR) is 143 cm³/mol. The maximum atomic E-state index is 6.19. The van der Waals surface area contributed by atoms with Gasteiger partial charge in [0.25, 0.3) is 0 Å². The number of hydrogen-bond donors (Lipinski definition) is 1. The molecule has 0 aliphatic carbocycles. The lowest BCUT2D eigenvalue weighted by Crippen LogP contribution is -2.18. The third-order valence-corrected chi connectivity index (χ3v) is 6.82. The minimum atomic E-state index is 0.0707. The molecule has 1 aliphatic heterocycles. The van der Waals surface area contributed by atoms with E-state index in [4.69, 9.17) is 28.3 Å². The first-order valence-corrected chi connectivity index (χ1v) is 12.0. The minimum absolute atomic E-state index is 0.0707. The van der Waals surface area contributed by atoms with Crippen LogP contribution < -0.4 is 5.01 Å². The van der Waals surface area contributed by atoms with Crippen LogP contribution in [-0.2, 0) is 0 Å². The number of H-pyrrole nitrogens is 1. The van der Waals surface area contributed by atoms with Crippen LogP contribution in [-0.4, -0.2) is 10.7 Å². The summed E-state index contributed by atoms with van der Waals surface area (Å²) >= 11 is 12.4. The van der Waals surface area contributed by atoms with E-state index in [0.717, 1.165) is 55.6 Å². The molecule has 34 heavy (non-hydrogen) atoms. The third-order valence-electron chi connectivity index (χ3n) is 6.31. The highest BCUT2D eigenvalue weighted by Crippen LogP contribution is 2.41. The van der Waals surface area contributed by atoms with E-state index in [9.17, 15) is 0 Å². The summed E-state index contributed by atoms with van der Waals surface area (Å²) in [6.45, 7) is 0. The van der Waals surface area contributed by atoms with E-state index in [1.807, 2.05) is 42.5 Å². The third kappa shape index (κ3) is 3.77. The molecule has 0 bridgehead atoms. The van der Waals surface area contributed by atoms with E-state index in [-0.39, 0.29) is 6.04 Å². The minimum Gasteiger partial charge on any atom is -0.354 e. The summed E-state index contributed by atoms with van der Waals surface area (Å²) in [5.41, 5.74) is 7.65. The lowest BCUT2D eigenvalue weighted by atomic mass is 9.95. The summed E-state index contributed by atoms with van der Waals surface area (Å²) in [6.07, 6.45) is 0.777. The van der Waals surface area contributed by atoms with Gasteiger partial charge in [-0.3, -0.25) is 5.01 Å². The molecule has 1 N–H and O–H groups in total. The Hall–Kier alpha value is -3.53. The zero-order chi connectivity index (χ0) is 23.1. The Bertz CT molecular complexity index is 1490. The number of halogens is 2. The van der Waals surface area contributed by atoms with Crippen LogP contribution in [0.5, 0.6) is 0 Å². The quantitative estimate of drug-likeness (QED) is 0.274. The van der Waals surface area contributed by atoms with Crippen LogP contribution in [0.3, 0.4) is 0 Å². The molecule has 166 valence electrons. The van der Waals surface area contributed by atoms with Crippen LogP contribution in [0, 0.1) is 0 Å². The van der Waals surface area contributed by atoms with Crippen molar-refractivity contribution in [2.24, 2.45) is 5.10 Å². The largest absolute Gasteiger partial charge is 0.354 e. The number of anilines is 1. The summed E-state index contributed by atoms with van der Waals surface area (Å²) in [5, 5.41) is 9.95. The number of para-hydroxylation sites is 2. The summed E-state index contributed by atoms with van der Waals surface area (Å²) in [4.78, 5) is 3.63. The summed E-state index contributed by atoms with van der Waals surface area (Å²) in [7, 11) is 0. The van der Waals surface area contributed by atoms with Gasteiger partial charge in [0.1, 0.15) is 0 Å². The Kier molecular flexibility index (Phi) is 5.37. The number of benzene rings is 4. The van der Waals surface area contributed by atoms with Crippen molar-refractivity contribution in [3.63, 3.8) is 0 Å². The lowest BCUT2D eigenvalue weighted by molar-refractivity contribution is 0.709. The zero-order valence-electron chi connectivity index (χ0n) is 18.2. The number of aromatic amines is 1. The second kappa shape index (κ2) is 8.68. The fraction of sp³-hybridized carbons (Fsp3) is 0.0690. The molecule has 1 atom stereocenters. The van der Waals surface area contributed by atoms with Gasteiger partial charge in [-0.1, -0.05) is 83.9 Å². The zero-order valence-corrected chi connectivity index (χ0v) is 19.8. The Morgan fingerprint density at radius 2 is 1.38 bits per heavy atom. The maximum Gasteiger partial charge on any atom is 0.0831 e. The topological polar surface area (TPSA) is 31.4 Å². The number of fused-ring (bicyclic) bond motifs is 1. The molecular weight excluding hydrogens is 461 g/mol. The van der Waals surface area contributed by atoms with Gasteiger partial charge in [-0.25, -0.2) is 0 Å². The molecule has 3 nitrogen and oxygen atoms in total. The number of hydrazone groups is 1. The predicted octanol–water partition coefficient (Wildman–Crippen LogP) is 8.50. The average molecular weight is 482 g/mol. The fourth-order valence-corrected chi connectivity index (χ4v) is 4.95. The molecule has 0 fully saturated rings. The van der Waals surface area contributed by atoms with Gasteiger partial charge in [0, 0.05) is 32.9 Å². The molecule has 6 rings (SSSR count). The molecule has 0 saturated carbocycles. The van der Waals surface area contributed by atoms with Crippen molar-refractivity contribution in [1.82, 2.24) is 4.98 Å². The van der Waals surface area contributed by atoms with Crippen LogP contribution in [0.15, 0.2) is 108 Å². The molecule has 5 heteroatoms. The highest BCUT2D eigenvalue weighted by molar-refractivity contribution is 6.31. The molecule has 5 aromatic rings. The number of rotatable bonds is 4. The van der Waals surface area contributed by atoms with E-state index >= 15 is 0 Å². The van der Waals surface area contributed by atoms with E-state index in [1.165, 1.54) is 5.56 Å². The number of hydrogen-bond acceptors (Lipinski definition) is 2. The van der Waals surface area contributed by atoms with E-state index < -0.39 is 0 Å². The molecular formula is C29H21Cl2N3. The average Bonchev–Trinajstić information content (AvgIpc) is 3.47. The molecule has 1 aliphatic rings. The number of nitrogens with one attached hydrogen (secondary N) is 1. The highest BCUT2D eigenvalue weighted by atomic mass is 35.5. The molecule has 0 spiro atoms. The van der Waals surface area contributed by atoms with Gasteiger partial charge in [-0.15, -0.1) is 0 Å². The maximum absolute atomic E-state index is 6.19. The van der Waals surface area contributed by atoms with Gasteiger partial charge in [0.2, 0.25) is 0 Å². The SMILES string of the molecule is Clc1ccc(-c2[nH]c3ccccc3c2C2=NN(c3ccccc3)C(c3ccc(Cl)cc3)C2)cc1. The Morgan fingerprint density at radius 3 is 2.12 bits per heavy atom.